The quantitative estimate of drug-likeness (QED) is 0.508. The van der Waals surface area contributed by atoms with E-state index >= 15 is 0 Å². The van der Waals surface area contributed by atoms with Crippen LogP contribution in [-0.4, -0.2) is 32.1 Å². The molecule has 0 saturated carbocycles. The van der Waals surface area contributed by atoms with Crippen molar-refractivity contribution in [2.24, 2.45) is 0 Å². The molecule has 2 aromatic carbocycles. The second-order valence-corrected chi connectivity index (χ2v) is 7.88. The predicted octanol–water partition coefficient (Wildman–Crippen LogP) is 4.35. The smallest absolute Gasteiger partial charge is 0.222 e. The zero-order valence-electron chi connectivity index (χ0n) is 19.1. The van der Waals surface area contributed by atoms with Crippen molar-refractivity contribution in [3.05, 3.63) is 77.4 Å². The molecular weight excluding hydrogens is 418 g/mol. The van der Waals surface area contributed by atoms with Crippen molar-refractivity contribution >= 4 is 5.91 Å². The van der Waals surface area contributed by atoms with Gasteiger partial charge in [-0.05, 0) is 49.2 Å². The fourth-order valence-electron chi connectivity index (χ4n) is 4.10. The van der Waals surface area contributed by atoms with E-state index < -0.39 is 0 Å². The monoisotopic (exact) mass is 447 g/mol. The minimum Gasteiger partial charge on any atom is -0.486 e. The fourth-order valence-corrected chi connectivity index (χ4v) is 4.10. The van der Waals surface area contributed by atoms with E-state index in [4.69, 9.17) is 14.2 Å². The Morgan fingerprint density at radius 1 is 1.06 bits per heavy atom. The number of nitrogens with one attached hydrogen (secondary N) is 2. The summed E-state index contributed by atoms with van der Waals surface area (Å²) >= 11 is 0. The van der Waals surface area contributed by atoms with E-state index in [1.807, 2.05) is 55.6 Å². The van der Waals surface area contributed by atoms with E-state index in [1.165, 1.54) is 0 Å². The third-order valence-electron chi connectivity index (χ3n) is 5.87. The zero-order valence-corrected chi connectivity index (χ0v) is 19.1. The lowest BCUT2D eigenvalue weighted by molar-refractivity contribution is -0.121. The number of hydrogen-bond acceptors (Lipinski definition) is 6. The second-order valence-electron chi connectivity index (χ2n) is 7.88. The maximum absolute atomic E-state index is 11.7. The molecule has 172 valence electrons. The molecule has 3 aromatic rings. The maximum atomic E-state index is 11.7. The normalized spacial score (nSPS) is 15.4. The Morgan fingerprint density at radius 3 is 2.55 bits per heavy atom. The lowest BCUT2D eigenvalue weighted by Gasteiger charge is -2.18. The summed E-state index contributed by atoms with van der Waals surface area (Å²) in [6.45, 7) is 0. The van der Waals surface area contributed by atoms with Gasteiger partial charge in [0.1, 0.15) is 17.6 Å². The minimum absolute atomic E-state index is 0.000547. The van der Waals surface area contributed by atoms with Gasteiger partial charge in [0.05, 0.1) is 7.11 Å². The second kappa shape index (κ2) is 10.4. The van der Waals surface area contributed by atoms with Crippen molar-refractivity contribution in [2.45, 2.75) is 31.4 Å². The summed E-state index contributed by atoms with van der Waals surface area (Å²) in [5, 5.41) is 5.86. The van der Waals surface area contributed by atoms with Gasteiger partial charge in [-0.15, -0.1) is 0 Å². The number of ether oxygens (including phenoxy) is 3. The van der Waals surface area contributed by atoms with Crippen molar-refractivity contribution in [2.75, 3.05) is 21.2 Å². The number of benzene rings is 2. The van der Waals surface area contributed by atoms with Crippen LogP contribution in [0.25, 0.3) is 0 Å². The number of pyridine rings is 1. The largest absolute Gasteiger partial charge is 0.486 e. The first-order chi connectivity index (χ1) is 16.1. The summed E-state index contributed by atoms with van der Waals surface area (Å²) in [6.07, 6.45) is 2.08. The van der Waals surface area contributed by atoms with Crippen molar-refractivity contribution in [3.8, 4) is 23.3 Å². The van der Waals surface area contributed by atoms with Gasteiger partial charge < -0.3 is 24.8 Å². The highest BCUT2D eigenvalue weighted by molar-refractivity contribution is 5.76. The van der Waals surface area contributed by atoms with Crippen LogP contribution in [0, 0.1) is 0 Å². The SMILES string of the molecule is CNC(=O)CC(NC)c1ccc(O[C@@H]2CCc3c(Oc4cccc(OC)n4)cccc32)cc1. The molecule has 1 aliphatic carbocycles. The van der Waals surface area contributed by atoms with Gasteiger partial charge in [-0.3, -0.25) is 4.79 Å². The van der Waals surface area contributed by atoms with Gasteiger partial charge in [0.2, 0.25) is 17.7 Å². The Hall–Kier alpha value is -3.58. The Balaban J connectivity index is 1.46. The highest BCUT2D eigenvalue weighted by Gasteiger charge is 2.27. The van der Waals surface area contributed by atoms with Crippen LogP contribution in [0.4, 0.5) is 0 Å². The van der Waals surface area contributed by atoms with Gasteiger partial charge in [0.15, 0.2) is 0 Å². The van der Waals surface area contributed by atoms with Crippen LogP contribution in [0.3, 0.4) is 0 Å². The number of fused-ring (bicyclic) bond motifs is 1. The lowest BCUT2D eigenvalue weighted by Crippen LogP contribution is -2.26. The number of carbonyl (C=O) groups excluding carboxylic acids is 1. The molecule has 1 amide bonds. The first kappa shape index (κ1) is 22.6. The first-order valence-electron chi connectivity index (χ1n) is 11.1. The molecule has 33 heavy (non-hydrogen) atoms. The molecule has 2 atom stereocenters. The number of hydrogen-bond donors (Lipinski definition) is 2. The van der Waals surface area contributed by atoms with Crippen LogP contribution < -0.4 is 24.8 Å². The van der Waals surface area contributed by atoms with E-state index in [0.717, 1.165) is 41.0 Å². The van der Waals surface area contributed by atoms with Crippen LogP contribution in [0.2, 0.25) is 0 Å². The molecule has 2 N–H and O–H groups in total. The highest BCUT2D eigenvalue weighted by Crippen LogP contribution is 2.41. The Bertz CT molecular complexity index is 1100. The molecule has 0 aliphatic heterocycles. The molecule has 7 heteroatoms. The summed E-state index contributed by atoms with van der Waals surface area (Å²) in [6, 6.07) is 19.4. The molecule has 4 rings (SSSR count). The molecule has 7 nitrogen and oxygen atoms in total. The van der Waals surface area contributed by atoms with Crippen molar-refractivity contribution in [3.63, 3.8) is 0 Å². The van der Waals surface area contributed by atoms with Crippen LogP contribution >= 0.6 is 0 Å². The van der Waals surface area contributed by atoms with E-state index in [9.17, 15) is 4.79 Å². The van der Waals surface area contributed by atoms with E-state index in [0.29, 0.717) is 18.2 Å². The molecule has 0 bridgehead atoms. The van der Waals surface area contributed by atoms with Gasteiger partial charge in [-0.25, -0.2) is 0 Å². The van der Waals surface area contributed by atoms with Crippen molar-refractivity contribution in [1.82, 2.24) is 15.6 Å². The van der Waals surface area contributed by atoms with Crippen LogP contribution in [0.15, 0.2) is 60.7 Å². The summed E-state index contributed by atoms with van der Waals surface area (Å²) in [4.78, 5) is 16.1. The van der Waals surface area contributed by atoms with Crippen LogP contribution in [0.1, 0.15) is 41.7 Å². The number of rotatable bonds is 9. The summed E-state index contributed by atoms with van der Waals surface area (Å²) < 4.78 is 17.6. The molecule has 1 unspecified atom stereocenters. The van der Waals surface area contributed by atoms with Gasteiger partial charge in [-0.1, -0.05) is 30.3 Å². The topological polar surface area (TPSA) is 81.7 Å². The standard InChI is InChI=1S/C26H29N3O4/c1-27-21(16-24(30)28-2)17-10-12-18(13-11-17)32-23-15-14-20-19(23)6-4-7-22(20)33-26-9-5-8-25(29-26)31-3/h4-13,21,23,27H,14-16H2,1-3H3,(H,28,30)/t21?,23-/m1/s1. The number of aromatic nitrogens is 1. The Labute approximate surface area is 194 Å². The van der Waals surface area contributed by atoms with E-state index in [-0.39, 0.29) is 18.1 Å². The summed E-state index contributed by atoms with van der Waals surface area (Å²) in [7, 11) is 5.09. The molecule has 1 aromatic heterocycles. The van der Waals surface area contributed by atoms with E-state index in [2.05, 4.69) is 21.7 Å². The fraction of sp³-hybridized carbons (Fsp3) is 0.308. The van der Waals surface area contributed by atoms with Gasteiger partial charge in [0.25, 0.3) is 0 Å². The predicted molar refractivity (Wildman–Crippen MR) is 126 cm³/mol. The Morgan fingerprint density at radius 2 is 1.82 bits per heavy atom. The number of carbonyl (C=O) groups is 1. The lowest BCUT2D eigenvalue weighted by atomic mass is 10.0. The molecule has 1 heterocycles. The molecule has 0 fully saturated rings. The van der Waals surface area contributed by atoms with Gasteiger partial charge >= 0.3 is 0 Å². The Kier molecular flexibility index (Phi) is 7.10. The average Bonchev–Trinajstić information content (AvgIpc) is 3.26. The molecule has 0 radical (unpaired) electrons. The van der Waals surface area contributed by atoms with E-state index in [1.54, 1.807) is 20.2 Å². The maximum Gasteiger partial charge on any atom is 0.222 e. The molecule has 1 aliphatic rings. The van der Waals surface area contributed by atoms with Crippen LogP contribution in [-0.2, 0) is 11.2 Å². The highest BCUT2D eigenvalue weighted by atomic mass is 16.5. The molecular formula is C26H29N3O4. The average molecular weight is 448 g/mol. The van der Waals surface area contributed by atoms with Crippen molar-refractivity contribution in [1.29, 1.82) is 0 Å². The third-order valence-corrected chi connectivity index (χ3v) is 5.87. The first-order valence-corrected chi connectivity index (χ1v) is 11.1. The summed E-state index contributed by atoms with van der Waals surface area (Å²) in [5.74, 6) is 2.60. The van der Waals surface area contributed by atoms with Gasteiger partial charge in [-0.2, -0.15) is 4.98 Å². The number of nitrogens with zero attached hydrogens (tertiary/aromatic N) is 1. The van der Waals surface area contributed by atoms with Crippen molar-refractivity contribution < 1.29 is 19.0 Å². The van der Waals surface area contributed by atoms with Gasteiger partial charge in [0, 0.05) is 37.2 Å². The summed E-state index contributed by atoms with van der Waals surface area (Å²) in [5.41, 5.74) is 3.32. The molecule has 0 saturated heterocycles. The minimum atomic E-state index is -0.0452. The van der Waals surface area contributed by atoms with Crippen LogP contribution in [0.5, 0.6) is 23.3 Å². The molecule has 0 spiro atoms. The number of methoxy groups -OCH3 is 1. The zero-order chi connectivity index (χ0) is 23.2. The third kappa shape index (κ3) is 5.26. The number of amides is 1.